The third kappa shape index (κ3) is 4.55. The summed E-state index contributed by atoms with van der Waals surface area (Å²) in [7, 11) is -1.22. The Hall–Kier alpha value is -0.700. The minimum Gasteiger partial charge on any atom is -0.444 e. The highest BCUT2D eigenvalue weighted by molar-refractivity contribution is 7.84. The molecule has 0 aromatic carbocycles. The molecule has 1 N–H and O–H groups in total. The van der Waals surface area contributed by atoms with Gasteiger partial charge in [-0.05, 0) is 60.8 Å². The number of hydrogen-bond acceptors (Lipinski definition) is 5. The molecular weight excluding hydrogens is 418 g/mol. The van der Waals surface area contributed by atoms with E-state index >= 15 is 0 Å². The first kappa shape index (κ1) is 22.0. The van der Waals surface area contributed by atoms with Gasteiger partial charge in [0.05, 0.1) is 27.5 Å². The zero-order chi connectivity index (χ0) is 20.9. The van der Waals surface area contributed by atoms with Crippen LogP contribution in [-0.4, -0.2) is 43.6 Å². The SMILES string of the molecule is CC(C)(C)OC(=O)N1CCC2(CC1)Cc1sc(Cl)nc1[C@H]2N[S@@](=O)C(C)(C)C. The molecule has 0 radical (unpaired) electrons. The normalized spacial score (nSPS) is 23.0. The molecule has 1 amide bonds. The lowest BCUT2D eigenvalue weighted by molar-refractivity contribution is 0.00715. The molecule has 28 heavy (non-hydrogen) atoms. The second-order valence-electron chi connectivity index (χ2n) is 9.71. The zero-order valence-corrected chi connectivity index (χ0v) is 19.8. The predicted octanol–water partition coefficient (Wildman–Crippen LogP) is 4.46. The van der Waals surface area contributed by atoms with Crippen molar-refractivity contribution >= 4 is 40.0 Å². The fourth-order valence-electron chi connectivity index (χ4n) is 3.79. The van der Waals surface area contributed by atoms with Crippen molar-refractivity contribution in [3.05, 3.63) is 15.0 Å². The Morgan fingerprint density at radius 1 is 1.29 bits per heavy atom. The Kier molecular flexibility index (Phi) is 5.91. The van der Waals surface area contributed by atoms with Gasteiger partial charge in [0.25, 0.3) is 0 Å². The number of fused-ring (bicyclic) bond motifs is 1. The largest absolute Gasteiger partial charge is 0.444 e. The average molecular weight is 448 g/mol. The van der Waals surface area contributed by atoms with Crippen molar-refractivity contribution in [1.29, 1.82) is 0 Å². The van der Waals surface area contributed by atoms with E-state index in [1.54, 1.807) is 4.90 Å². The molecule has 2 aliphatic rings. The van der Waals surface area contributed by atoms with E-state index < -0.39 is 16.6 Å². The summed E-state index contributed by atoms with van der Waals surface area (Å²) in [5, 5.41) is 0. The predicted molar refractivity (Wildman–Crippen MR) is 114 cm³/mol. The number of aromatic nitrogens is 1. The number of ether oxygens (including phenoxy) is 1. The van der Waals surface area contributed by atoms with Crippen LogP contribution in [0.3, 0.4) is 0 Å². The molecule has 0 bridgehead atoms. The topological polar surface area (TPSA) is 71.5 Å². The number of likely N-dealkylation sites (tertiary alicyclic amines) is 1. The first-order valence-electron chi connectivity index (χ1n) is 9.62. The summed E-state index contributed by atoms with van der Waals surface area (Å²) in [5.74, 6) is 0. The lowest BCUT2D eigenvalue weighted by atomic mass is 9.74. The van der Waals surface area contributed by atoms with E-state index in [9.17, 15) is 9.00 Å². The number of piperidine rings is 1. The molecule has 0 saturated carbocycles. The van der Waals surface area contributed by atoms with Gasteiger partial charge in [0, 0.05) is 23.4 Å². The average Bonchev–Trinajstić information content (AvgIpc) is 3.00. The molecule has 1 saturated heterocycles. The molecule has 2 heterocycles. The summed E-state index contributed by atoms with van der Waals surface area (Å²) in [6.07, 6.45) is 2.21. The van der Waals surface area contributed by atoms with Gasteiger partial charge in [-0.3, -0.25) is 0 Å². The van der Waals surface area contributed by atoms with Gasteiger partial charge in [-0.25, -0.2) is 18.7 Å². The highest BCUT2D eigenvalue weighted by atomic mass is 35.5. The highest BCUT2D eigenvalue weighted by Gasteiger charge is 2.51. The second-order valence-corrected chi connectivity index (χ2v) is 13.4. The minimum absolute atomic E-state index is 0.0990. The number of nitrogens with one attached hydrogen (secondary N) is 1. The molecule has 9 heteroatoms. The first-order valence-corrected chi connectivity index (χ1v) is 12.0. The van der Waals surface area contributed by atoms with Crippen molar-refractivity contribution < 1.29 is 13.7 Å². The summed E-state index contributed by atoms with van der Waals surface area (Å²) in [4.78, 5) is 19.9. The lowest BCUT2D eigenvalue weighted by Gasteiger charge is -2.43. The monoisotopic (exact) mass is 447 g/mol. The molecule has 0 unspecified atom stereocenters. The van der Waals surface area contributed by atoms with Gasteiger partial charge >= 0.3 is 6.09 Å². The summed E-state index contributed by atoms with van der Waals surface area (Å²) >= 11 is 7.67. The van der Waals surface area contributed by atoms with Crippen LogP contribution in [0.1, 0.15) is 71.0 Å². The Bertz CT molecular complexity index is 774. The van der Waals surface area contributed by atoms with E-state index in [1.807, 2.05) is 41.5 Å². The molecule has 2 atom stereocenters. The number of nitrogens with zero attached hydrogens (tertiary/aromatic N) is 2. The maximum absolute atomic E-state index is 12.9. The van der Waals surface area contributed by atoms with Crippen molar-refractivity contribution in [3.8, 4) is 0 Å². The number of carbonyl (C=O) groups excluding carboxylic acids is 1. The summed E-state index contributed by atoms with van der Waals surface area (Å²) in [6.45, 7) is 12.7. The van der Waals surface area contributed by atoms with E-state index in [4.69, 9.17) is 16.3 Å². The van der Waals surface area contributed by atoms with Gasteiger partial charge in [0.2, 0.25) is 0 Å². The standard InChI is InChI=1S/C19H30ClN3O3S2/c1-17(2,3)26-16(24)23-9-7-19(8-10-23)11-12-13(21-15(20)27-12)14(19)22-28(25)18(4,5)6/h14,22H,7-11H2,1-6H3/t14-,28+/m1/s1. The van der Waals surface area contributed by atoms with Crippen molar-refractivity contribution in [2.45, 2.75) is 77.2 Å². The van der Waals surface area contributed by atoms with Gasteiger partial charge in [-0.2, -0.15) is 0 Å². The van der Waals surface area contributed by atoms with Gasteiger partial charge in [0.1, 0.15) is 5.60 Å². The van der Waals surface area contributed by atoms with E-state index in [-0.39, 0.29) is 22.3 Å². The maximum Gasteiger partial charge on any atom is 0.410 e. The van der Waals surface area contributed by atoms with Crippen molar-refractivity contribution in [1.82, 2.24) is 14.6 Å². The number of thiazole rings is 1. The number of halogens is 1. The van der Waals surface area contributed by atoms with Gasteiger partial charge in [-0.1, -0.05) is 11.6 Å². The Morgan fingerprint density at radius 3 is 2.43 bits per heavy atom. The van der Waals surface area contributed by atoms with E-state index in [0.717, 1.165) is 25.0 Å². The molecule has 3 rings (SSSR count). The van der Waals surface area contributed by atoms with Crippen LogP contribution >= 0.6 is 22.9 Å². The minimum atomic E-state index is -1.22. The van der Waals surface area contributed by atoms with Crippen molar-refractivity contribution in [2.75, 3.05) is 13.1 Å². The Labute approximate surface area is 179 Å². The molecule has 1 aromatic heterocycles. The zero-order valence-electron chi connectivity index (χ0n) is 17.4. The van der Waals surface area contributed by atoms with Crippen molar-refractivity contribution in [3.63, 3.8) is 0 Å². The maximum atomic E-state index is 12.9. The van der Waals surface area contributed by atoms with Crippen LogP contribution in [0.5, 0.6) is 0 Å². The molecule has 1 aliphatic heterocycles. The highest BCUT2D eigenvalue weighted by Crippen LogP contribution is 2.54. The first-order chi connectivity index (χ1) is 12.8. The van der Waals surface area contributed by atoms with Crippen LogP contribution in [0, 0.1) is 5.41 Å². The Balaban J connectivity index is 1.78. The molecule has 1 fully saturated rings. The van der Waals surface area contributed by atoms with Crippen LogP contribution in [0.25, 0.3) is 0 Å². The van der Waals surface area contributed by atoms with Crippen LogP contribution < -0.4 is 4.72 Å². The second kappa shape index (κ2) is 7.52. The van der Waals surface area contributed by atoms with Gasteiger partial charge in [0.15, 0.2) is 4.47 Å². The molecule has 158 valence electrons. The summed E-state index contributed by atoms with van der Waals surface area (Å²) < 4.78 is 21.9. The Morgan fingerprint density at radius 2 is 1.89 bits per heavy atom. The molecule has 6 nitrogen and oxygen atoms in total. The van der Waals surface area contributed by atoms with Crippen molar-refractivity contribution in [2.24, 2.45) is 5.41 Å². The fraction of sp³-hybridized carbons (Fsp3) is 0.789. The summed E-state index contributed by atoms with van der Waals surface area (Å²) in [6, 6.07) is -0.118. The van der Waals surface area contributed by atoms with Crippen LogP contribution in [0.15, 0.2) is 0 Å². The number of hydrogen-bond donors (Lipinski definition) is 1. The smallest absolute Gasteiger partial charge is 0.410 e. The summed E-state index contributed by atoms with van der Waals surface area (Å²) in [5.41, 5.74) is 0.328. The van der Waals surface area contributed by atoms with Crippen LogP contribution in [0.2, 0.25) is 4.47 Å². The fourth-order valence-corrected chi connectivity index (χ4v) is 6.06. The molecule has 1 spiro atoms. The molecule has 1 aliphatic carbocycles. The van der Waals surface area contributed by atoms with E-state index in [0.29, 0.717) is 17.6 Å². The van der Waals surface area contributed by atoms with Gasteiger partial charge < -0.3 is 9.64 Å². The van der Waals surface area contributed by atoms with E-state index in [2.05, 4.69) is 9.71 Å². The lowest BCUT2D eigenvalue weighted by Crippen LogP contribution is -2.50. The van der Waals surface area contributed by atoms with Crippen LogP contribution in [-0.2, 0) is 22.1 Å². The number of carbonyl (C=O) groups is 1. The van der Waals surface area contributed by atoms with Crippen LogP contribution in [0.4, 0.5) is 4.79 Å². The van der Waals surface area contributed by atoms with E-state index in [1.165, 1.54) is 16.2 Å². The number of amides is 1. The molecular formula is C19H30ClN3O3S2. The third-order valence-corrected chi connectivity index (χ3v) is 8.03. The number of rotatable bonds is 2. The van der Waals surface area contributed by atoms with Gasteiger partial charge in [-0.15, -0.1) is 11.3 Å². The molecule has 1 aromatic rings. The quantitative estimate of drug-likeness (QED) is 0.726. The third-order valence-electron chi connectivity index (χ3n) is 5.29.